The predicted molar refractivity (Wildman–Crippen MR) is 67.7 cm³/mol. The second-order valence-electron chi connectivity index (χ2n) is 5.89. The van der Waals surface area contributed by atoms with Crippen molar-refractivity contribution in [3.05, 3.63) is 11.3 Å². The zero-order valence-electron chi connectivity index (χ0n) is 11.0. The summed E-state index contributed by atoms with van der Waals surface area (Å²) in [5.74, 6) is 0. The van der Waals surface area contributed by atoms with E-state index in [2.05, 4.69) is 32.7 Å². The zero-order chi connectivity index (χ0) is 12.0. The zero-order valence-corrected chi connectivity index (χ0v) is 11.0. The molecule has 1 aliphatic heterocycles. The van der Waals surface area contributed by atoms with E-state index in [9.17, 15) is 0 Å². The van der Waals surface area contributed by atoms with Gasteiger partial charge in [-0.15, -0.1) is 0 Å². The summed E-state index contributed by atoms with van der Waals surface area (Å²) in [5, 5.41) is -0.122. The van der Waals surface area contributed by atoms with E-state index in [0.29, 0.717) is 0 Å². The van der Waals surface area contributed by atoms with Gasteiger partial charge in [0.25, 0.3) is 0 Å². The summed E-state index contributed by atoms with van der Waals surface area (Å²) in [6.45, 7) is 8.27. The SMILES string of the molecule is [B]C1(C)CCCC(N(C)C2(C)COC2)=C1C. The number of likely N-dealkylation sites (N-methyl/N-ethyl adjacent to an activating group) is 1. The molecule has 0 aromatic heterocycles. The van der Waals surface area contributed by atoms with Crippen LogP contribution in [0.2, 0.25) is 5.31 Å². The minimum atomic E-state index is -0.122. The van der Waals surface area contributed by atoms with Crippen LogP contribution in [0.3, 0.4) is 0 Å². The Morgan fingerprint density at radius 3 is 2.44 bits per heavy atom. The Kier molecular flexibility index (Phi) is 2.86. The standard InChI is InChI=1S/C13H22BNO/c1-10-11(6-5-7-13(10,3)14)15(4)12(2)8-16-9-12/h5-9H2,1-4H3. The van der Waals surface area contributed by atoms with Crippen LogP contribution in [-0.4, -0.2) is 38.5 Å². The summed E-state index contributed by atoms with van der Waals surface area (Å²) in [6, 6.07) is 0. The van der Waals surface area contributed by atoms with Crippen LogP contribution in [0.5, 0.6) is 0 Å². The summed E-state index contributed by atoms with van der Waals surface area (Å²) < 4.78 is 5.34. The summed E-state index contributed by atoms with van der Waals surface area (Å²) in [6.07, 6.45) is 3.45. The van der Waals surface area contributed by atoms with Gasteiger partial charge in [0.15, 0.2) is 0 Å². The lowest BCUT2D eigenvalue weighted by atomic mass is 9.60. The molecule has 1 saturated heterocycles. The first-order chi connectivity index (χ1) is 7.37. The highest BCUT2D eigenvalue weighted by molar-refractivity contribution is 6.17. The molecule has 1 heterocycles. The van der Waals surface area contributed by atoms with Crippen LogP contribution in [0.25, 0.3) is 0 Å². The molecular formula is C13H22BNO. The fourth-order valence-electron chi connectivity index (χ4n) is 2.66. The van der Waals surface area contributed by atoms with Crippen molar-refractivity contribution in [1.29, 1.82) is 0 Å². The molecule has 1 atom stereocenters. The van der Waals surface area contributed by atoms with E-state index < -0.39 is 0 Å². The van der Waals surface area contributed by atoms with Gasteiger partial charge in [0.2, 0.25) is 0 Å². The first-order valence-corrected chi connectivity index (χ1v) is 6.17. The van der Waals surface area contributed by atoms with Crippen LogP contribution in [0.15, 0.2) is 11.3 Å². The molecule has 2 nitrogen and oxygen atoms in total. The molecule has 0 saturated carbocycles. The minimum absolute atomic E-state index is 0.122. The second-order valence-corrected chi connectivity index (χ2v) is 5.89. The van der Waals surface area contributed by atoms with Crippen molar-refractivity contribution in [2.75, 3.05) is 20.3 Å². The smallest absolute Gasteiger partial charge is 0.0833 e. The average molecular weight is 219 g/mol. The molecule has 2 radical (unpaired) electrons. The molecule has 16 heavy (non-hydrogen) atoms. The monoisotopic (exact) mass is 219 g/mol. The van der Waals surface area contributed by atoms with E-state index in [0.717, 1.165) is 26.1 Å². The van der Waals surface area contributed by atoms with Gasteiger partial charge >= 0.3 is 0 Å². The van der Waals surface area contributed by atoms with Crippen molar-refractivity contribution in [2.24, 2.45) is 0 Å². The third-order valence-electron chi connectivity index (χ3n) is 4.44. The Morgan fingerprint density at radius 1 is 1.31 bits per heavy atom. The molecule has 0 amide bonds. The Bertz CT molecular complexity index is 318. The average Bonchev–Trinajstić information content (AvgIpc) is 2.17. The van der Waals surface area contributed by atoms with E-state index in [1.807, 2.05) is 0 Å². The highest BCUT2D eigenvalue weighted by Crippen LogP contribution is 2.45. The highest BCUT2D eigenvalue weighted by atomic mass is 16.5. The lowest BCUT2D eigenvalue weighted by Gasteiger charge is -2.50. The van der Waals surface area contributed by atoms with Gasteiger partial charge in [-0.1, -0.05) is 18.9 Å². The maximum Gasteiger partial charge on any atom is 0.0833 e. The van der Waals surface area contributed by atoms with Crippen molar-refractivity contribution in [3.8, 4) is 0 Å². The number of rotatable bonds is 2. The Labute approximate surface area is 100 Å². The number of allylic oxidation sites excluding steroid dienone is 2. The molecule has 0 bridgehead atoms. The van der Waals surface area contributed by atoms with Gasteiger partial charge in [-0.2, -0.15) is 0 Å². The van der Waals surface area contributed by atoms with E-state index in [1.54, 1.807) is 0 Å². The Morgan fingerprint density at radius 2 is 1.94 bits per heavy atom. The summed E-state index contributed by atoms with van der Waals surface area (Å²) in [4.78, 5) is 2.40. The summed E-state index contributed by atoms with van der Waals surface area (Å²) in [5.41, 5.74) is 2.97. The lowest BCUT2D eigenvalue weighted by Crippen LogP contribution is -2.58. The van der Waals surface area contributed by atoms with E-state index >= 15 is 0 Å². The highest BCUT2D eigenvalue weighted by Gasteiger charge is 2.40. The fraction of sp³-hybridized carbons (Fsp3) is 0.846. The molecule has 1 aliphatic carbocycles. The third-order valence-corrected chi connectivity index (χ3v) is 4.44. The largest absolute Gasteiger partial charge is 0.376 e. The maximum absolute atomic E-state index is 6.34. The van der Waals surface area contributed by atoms with Gasteiger partial charge < -0.3 is 9.64 Å². The van der Waals surface area contributed by atoms with Crippen LogP contribution >= 0.6 is 0 Å². The molecule has 3 heteroatoms. The molecule has 1 unspecified atom stereocenters. The molecular weight excluding hydrogens is 197 g/mol. The van der Waals surface area contributed by atoms with Gasteiger partial charge in [0, 0.05) is 12.7 Å². The van der Waals surface area contributed by atoms with Crippen LogP contribution in [0.1, 0.15) is 40.0 Å². The first-order valence-electron chi connectivity index (χ1n) is 6.17. The quantitative estimate of drug-likeness (QED) is 0.661. The van der Waals surface area contributed by atoms with Gasteiger partial charge in [-0.25, -0.2) is 0 Å². The molecule has 0 aromatic rings. The van der Waals surface area contributed by atoms with Crippen LogP contribution in [0.4, 0.5) is 0 Å². The van der Waals surface area contributed by atoms with Gasteiger partial charge in [-0.05, 0) is 32.0 Å². The van der Waals surface area contributed by atoms with Gasteiger partial charge in [0.05, 0.1) is 26.6 Å². The van der Waals surface area contributed by atoms with Crippen molar-refractivity contribution < 1.29 is 4.74 Å². The normalized spacial score (nSPS) is 33.5. The summed E-state index contributed by atoms with van der Waals surface area (Å²) in [7, 11) is 8.52. The summed E-state index contributed by atoms with van der Waals surface area (Å²) >= 11 is 0. The van der Waals surface area contributed by atoms with Gasteiger partial charge in [-0.3, -0.25) is 0 Å². The molecule has 88 valence electrons. The fourth-order valence-corrected chi connectivity index (χ4v) is 2.66. The number of nitrogens with zero attached hydrogens (tertiary/aromatic N) is 1. The molecule has 2 aliphatic rings. The molecule has 1 fully saturated rings. The molecule has 0 aromatic carbocycles. The van der Waals surface area contributed by atoms with Crippen LogP contribution in [0, 0.1) is 0 Å². The number of ether oxygens (including phenoxy) is 1. The van der Waals surface area contributed by atoms with E-state index in [-0.39, 0.29) is 10.9 Å². The number of hydrogen-bond acceptors (Lipinski definition) is 2. The van der Waals surface area contributed by atoms with Crippen molar-refractivity contribution in [2.45, 2.75) is 50.9 Å². The van der Waals surface area contributed by atoms with E-state index in [4.69, 9.17) is 12.6 Å². The van der Waals surface area contributed by atoms with Gasteiger partial charge in [0.1, 0.15) is 0 Å². The van der Waals surface area contributed by atoms with Crippen molar-refractivity contribution >= 4 is 7.85 Å². The van der Waals surface area contributed by atoms with Crippen molar-refractivity contribution in [3.63, 3.8) is 0 Å². The first kappa shape index (κ1) is 12.0. The molecule has 0 spiro atoms. The Balaban J connectivity index is 2.25. The maximum atomic E-state index is 6.34. The topological polar surface area (TPSA) is 12.5 Å². The lowest BCUT2D eigenvalue weighted by molar-refractivity contribution is -0.112. The molecule has 0 N–H and O–H groups in total. The third kappa shape index (κ3) is 1.79. The van der Waals surface area contributed by atoms with Crippen LogP contribution in [-0.2, 0) is 4.74 Å². The van der Waals surface area contributed by atoms with E-state index in [1.165, 1.54) is 17.7 Å². The predicted octanol–water partition coefficient (Wildman–Crippen LogP) is 2.51. The second kappa shape index (κ2) is 3.80. The number of hydrogen-bond donors (Lipinski definition) is 0. The Hall–Kier alpha value is -0.435. The van der Waals surface area contributed by atoms with Crippen LogP contribution < -0.4 is 0 Å². The van der Waals surface area contributed by atoms with Crippen molar-refractivity contribution in [1.82, 2.24) is 4.90 Å². The molecule has 2 rings (SSSR count). The minimum Gasteiger partial charge on any atom is -0.376 e.